The van der Waals surface area contributed by atoms with E-state index in [1.165, 1.54) is 0 Å². The van der Waals surface area contributed by atoms with Gasteiger partial charge in [0.1, 0.15) is 6.61 Å². The van der Waals surface area contributed by atoms with Crippen molar-refractivity contribution in [1.82, 2.24) is 20.2 Å². The minimum atomic E-state index is -0.423. The number of fused-ring (bicyclic) bond motifs is 1. The molecule has 0 bridgehead atoms. The molecule has 126 valence electrons. The number of nitrogens with zero attached hydrogens (tertiary/aromatic N) is 2. The zero-order valence-corrected chi connectivity index (χ0v) is 13.8. The molecule has 0 saturated carbocycles. The summed E-state index contributed by atoms with van der Waals surface area (Å²) in [5.74, 6) is -0.0355. The molecule has 6 heteroatoms. The van der Waals surface area contributed by atoms with Gasteiger partial charge in [-0.3, -0.25) is 9.69 Å². The average Bonchev–Trinajstić information content (AvgIpc) is 3.01. The van der Waals surface area contributed by atoms with Gasteiger partial charge in [-0.05, 0) is 18.9 Å². The molecule has 2 fully saturated rings. The number of benzene rings is 1. The van der Waals surface area contributed by atoms with E-state index in [9.17, 15) is 4.79 Å². The van der Waals surface area contributed by atoms with E-state index in [0.29, 0.717) is 0 Å². The molecule has 1 aromatic heterocycles. The molecule has 2 atom stereocenters. The molecule has 2 N–H and O–H groups in total. The number of carbonyl (C=O) groups is 1. The standard InChI is InChI=1S/C18H22N4O2/c1-13-15(20-12-19-13)9-22-8-7-18(14-5-3-2-4-6-14)16(10-22)24-11-17(23)21-18/h2-6,12,16H,7-11H2,1H3,(H,19,20)(H,21,23)/t16-,18+/m1/s1. The highest BCUT2D eigenvalue weighted by Crippen LogP contribution is 2.37. The Morgan fingerprint density at radius 3 is 2.96 bits per heavy atom. The fourth-order valence-corrected chi connectivity index (χ4v) is 3.82. The number of carbonyl (C=O) groups excluding carboxylic acids is 1. The molecule has 0 radical (unpaired) electrons. The van der Waals surface area contributed by atoms with Gasteiger partial charge in [0.2, 0.25) is 5.91 Å². The van der Waals surface area contributed by atoms with E-state index in [4.69, 9.17) is 4.74 Å². The lowest BCUT2D eigenvalue weighted by atomic mass is 9.77. The average molecular weight is 326 g/mol. The third-order valence-corrected chi connectivity index (χ3v) is 5.17. The van der Waals surface area contributed by atoms with Gasteiger partial charge in [0.05, 0.1) is 23.7 Å². The minimum Gasteiger partial charge on any atom is -0.364 e. The van der Waals surface area contributed by atoms with Gasteiger partial charge in [-0.1, -0.05) is 30.3 Å². The first kappa shape index (κ1) is 15.4. The smallest absolute Gasteiger partial charge is 0.246 e. The van der Waals surface area contributed by atoms with Crippen molar-refractivity contribution in [3.8, 4) is 0 Å². The summed E-state index contributed by atoms with van der Waals surface area (Å²) in [7, 11) is 0. The van der Waals surface area contributed by atoms with Crippen LogP contribution in [0.1, 0.15) is 23.4 Å². The Morgan fingerprint density at radius 1 is 1.38 bits per heavy atom. The molecular formula is C18H22N4O2. The summed E-state index contributed by atoms with van der Waals surface area (Å²) >= 11 is 0. The minimum absolute atomic E-state index is 0.0355. The summed E-state index contributed by atoms with van der Waals surface area (Å²) < 4.78 is 5.95. The topological polar surface area (TPSA) is 70.2 Å². The maximum Gasteiger partial charge on any atom is 0.246 e. The number of aryl methyl sites for hydroxylation is 1. The molecule has 1 amide bonds. The summed E-state index contributed by atoms with van der Waals surface area (Å²) in [6.45, 7) is 4.64. The highest BCUT2D eigenvalue weighted by atomic mass is 16.5. The van der Waals surface area contributed by atoms with Crippen LogP contribution in [0.4, 0.5) is 0 Å². The SMILES string of the molecule is Cc1[nH]cnc1CN1CC[C@@]2(c3ccccc3)NC(=O)CO[C@@H]2C1. The number of piperidine rings is 1. The number of nitrogens with one attached hydrogen (secondary N) is 2. The predicted octanol–water partition coefficient (Wildman–Crippen LogP) is 1.33. The number of hydrogen-bond donors (Lipinski definition) is 2. The largest absolute Gasteiger partial charge is 0.364 e. The number of aromatic nitrogens is 2. The monoisotopic (exact) mass is 326 g/mol. The summed E-state index contributed by atoms with van der Waals surface area (Å²) in [6, 6.07) is 10.2. The van der Waals surface area contributed by atoms with Gasteiger partial charge in [-0.15, -0.1) is 0 Å². The van der Waals surface area contributed by atoms with Gasteiger partial charge < -0.3 is 15.0 Å². The Bertz CT molecular complexity index is 730. The van der Waals surface area contributed by atoms with Crippen molar-refractivity contribution < 1.29 is 9.53 Å². The van der Waals surface area contributed by atoms with Gasteiger partial charge in [0.15, 0.2) is 0 Å². The Morgan fingerprint density at radius 2 is 2.21 bits per heavy atom. The highest BCUT2D eigenvalue weighted by Gasteiger charge is 2.48. The van der Waals surface area contributed by atoms with Crippen LogP contribution >= 0.6 is 0 Å². The van der Waals surface area contributed by atoms with E-state index in [1.54, 1.807) is 6.33 Å². The van der Waals surface area contributed by atoms with Crippen LogP contribution in [-0.2, 0) is 21.6 Å². The quantitative estimate of drug-likeness (QED) is 0.893. The molecular weight excluding hydrogens is 304 g/mol. The van der Waals surface area contributed by atoms with Crippen LogP contribution < -0.4 is 5.32 Å². The number of H-pyrrole nitrogens is 1. The molecule has 3 heterocycles. The molecule has 2 saturated heterocycles. The number of morpholine rings is 1. The van der Waals surface area contributed by atoms with E-state index in [0.717, 1.165) is 43.0 Å². The van der Waals surface area contributed by atoms with Gasteiger partial charge in [-0.2, -0.15) is 0 Å². The molecule has 2 aliphatic rings. The Hall–Kier alpha value is -2.18. The predicted molar refractivity (Wildman–Crippen MR) is 89.2 cm³/mol. The Balaban J connectivity index is 1.58. The van der Waals surface area contributed by atoms with Gasteiger partial charge in [0.25, 0.3) is 0 Å². The molecule has 4 rings (SSSR count). The van der Waals surface area contributed by atoms with Crippen molar-refractivity contribution in [3.05, 3.63) is 53.6 Å². The Kier molecular flexibility index (Phi) is 3.86. The lowest BCUT2D eigenvalue weighted by molar-refractivity contribution is -0.152. The van der Waals surface area contributed by atoms with E-state index in [-0.39, 0.29) is 18.6 Å². The van der Waals surface area contributed by atoms with Crippen molar-refractivity contribution in [2.24, 2.45) is 0 Å². The van der Waals surface area contributed by atoms with Crippen LogP contribution in [0.5, 0.6) is 0 Å². The number of rotatable bonds is 3. The summed E-state index contributed by atoms with van der Waals surface area (Å²) in [5, 5.41) is 3.23. The molecule has 2 aromatic rings. The van der Waals surface area contributed by atoms with Crippen LogP contribution in [0.25, 0.3) is 0 Å². The van der Waals surface area contributed by atoms with Crippen molar-refractivity contribution in [2.45, 2.75) is 31.5 Å². The zero-order chi connectivity index (χ0) is 16.6. The first-order chi connectivity index (χ1) is 11.7. The number of ether oxygens (including phenoxy) is 1. The second kappa shape index (κ2) is 6.03. The molecule has 2 aliphatic heterocycles. The van der Waals surface area contributed by atoms with E-state index < -0.39 is 5.54 Å². The van der Waals surface area contributed by atoms with E-state index >= 15 is 0 Å². The summed E-state index contributed by atoms with van der Waals surface area (Å²) in [5.41, 5.74) is 2.88. The molecule has 24 heavy (non-hydrogen) atoms. The maximum absolute atomic E-state index is 12.0. The molecule has 6 nitrogen and oxygen atoms in total. The lowest BCUT2D eigenvalue weighted by Crippen LogP contribution is -2.66. The fraction of sp³-hybridized carbons (Fsp3) is 0.444. The number of imidazole rings is 1. The van der Waals surface area contributed by atoms with Gasteiger partial charge in [-0.25, -0.2) is 4.98 Å². The first-order valence-electron chi connectivity index (χ1n) is 8.37. The molecule has 1 aromatic carbocycles. The van der Waals surface area contributed by atoms with Crippen LogP contribution in [0.3, 0.4) is 0 Å². The van der Waals surface area contributed by atoms with Gasteiger partial charge in [0, 0.05) is 25.3 Å². The summed E-state index contributed by atoms with van der Waals surface area (Å²) in [4.78, 5) is 21.9. The molecule has 0 aliphatic carbocycles. The molecule has 0 spiro atoms. The van der Waals surface area contributed by atoms with Crippen molar-refractivity contribution in [1.29, 1.82) is 0 Å². The van der Waals surface area contributed by atoms with Gasteiger partial charge >= 0.3 is 0 Å². The fourth-order valence-electron chi connectivity index (χ4n) is 3.82. The second-order valence-corrected chi connectivity index (χ2v) is 6.64. The van der Waals surface area contributed by atoms with Crippen LogP contribution in [0.2, 0.25) is 0 Å². The van der Waals surface area contributed by atoms with Crippen molar-refractivity contribution in [3.63, 3.8) is 0 Å². The zero-order valence-electron chi connectivity index (χ0n) is 13.8. The van der Waals surface area contributed by atoms with Crippen LogP contribution in [-0.4, -0.2) is 46.6 Å². The number of aromatic amines is 1. The highest BCUT2D eigenvalue weighted by molar-refractivity contribution is 5.79. The first-order valence-corrected chi connectivity index (χ1v) is 8.37. The third-order valence-electron chi connectivity index (χ3n) is 5.17. The number of hydrogen-bond acceptors (Lipinski definition) is 4. The van der Waals surface area contributed by atoms with Crippen LogP contribution in [0, 0.1) is 6.92 Å². The lowest BCUT2D eigenvalue weighted by Gasteiger charge is -2.50. The Labute approximate surface area is 141 Å². The van der Waals surface area contributed by atoms with Crippen molar-refractivity contribution in [2.75, 3.05) is 19.7 Å². The second-order valence-electron chi connectivity index (χ2n) is 6.64. The summed E-state index contributed by atoms with van der Waals surface area (Å²) in [6.07, 6.45) is 2.52. The van der Waals surface area contributed by atoms with E-state index in [1.807, 2.05) is 25.1 Å². The normalized spacial score (nSPS) is 27.5. The third kappa shape index (κ3) is 2.61. The number of likely N-dealkylation sites (tertiary alicyclic amines) is 1. The van der Waals surface area contributed by atoms with Crippen LogP contribution in [0.15, 0.2) is 36.7 Å². The maximum atomic E-state index is 12.0. The number of amides is 1. The van der Waals surface area contributed by atoms with Crippen molar-refractivity contribution >= 4 is 5.91 Å². The van der Waals surface area contributed by atoms with E-state index in [2.05, 4.69) is 32.3 Å². The molecule has 0 unspecified atom stereocenters.